The van der Waals surface area contributed by atoms with Gasteiger partial charge in [-0.15, -0.1) is 16.8 Å². The molecular weight excluding hydrogens is 224 g/mol. The van der Waals surface area contributed by atoms with Gasteiger partial charge in [-0.25, -0.2) is 0 Å². The van der Waals surface area contributed by atoms with Gasteiger partial charge >= 0.3 is 0 Å². The van der Waals surface area contributed by atoms with E-state index in [0.717, 1.165) is 17.2 Å². The average molecular weight is 235 g/mol. The van der Waals surface area contributed by atoms with Crippen molar-refractivity contribution in [1.29, 1.82) is 0 Å². The zero-order valence-electron chi connectivity index (χ0n) is 8.69. The Morgan fingerprint density at radius 3 is 2.75 bits per heavy atom. The molecule has 0 spiro atoms. The molecule has 0 saturated carbocycles. The van der Waals surface area contributed by atoms with Crippen molar-refractivity contribution in [1.82, 2.24) is 10.2 Å². The fourth-order valence-corrected chi connectivity index (χ4v) is 1.59. The van der Waals surface area contributed by atoms with Crippen LogP contribution in [0.25, 0.3) is 10.8 Å². The van der Waals surface area contributed by atoms with Crippen LogP contribution < -0.4 is 4.74 Å². The van der Waals surface area contributed by atoms with Crippen molar-refractivity contribution < 1.29 is 4.74 Å². The lowest BCUT2D eigenvalue weighted by molar-refractivity contribution is 0.313. The molecule has 2 rings (SSSR count). The molecule has 82 valence electrons. The summed E-state index contributed by atoms with van der Waals surface area (Å²) in [5, 5.41) is 9.92. The number of fused-ring (bicyclic) bond motifs is 1. The summed E-state index contributed by atoms with van der Waals surface area (Å²) in [6, 6.07) is 7.63. The molecule has 0 N–H and O–H groups in total. The largest absolute Gasteiger partial charge is 0.476 e. The number of benzene rings is 1. The Hall–Kier alpha value is -1.61. The summed E-state index contributed by atoms with van der Waals surface area (Å²) in [5.41, 5.74) is 0. The normalized spacial score (nSPS) is 10.3. The van der Waals surface area contributed by atoms with Crippen molar-refractivity contribution >= 4 is 22.4 Å². The summed E-state index contributed by atoms with van der Waals surface area (Å²) >= 11 is 5.94. The van der Waals surface area contributed by atoms with Gasteiger partial charge in [0, 0.05) is 10.8 Å². The zero-order chi connectivity index (χ0) is 11.4. The lowest BCUT2D eigenvalue weighted by Gasteiger charge is -2.06. The molecule has 0 aliphatic rings. The third-order valence-electron chi connectivity index (χ3n) is 2.17. The van der Waals surface area contributed by atoms with Crippen LogP contribution in [0.2, 0.25) is 5.15 Å². The SMILES string of the molecule is C=CCCOc1nnc(Cl)c2ccccc12. The highest BCUT2D eigenvalue weighted by molar-refractivity contribution is 6.34. The highest BCUT2D eigenvalue weighted by Crippen LogP contribution is 2.26. The van der Waals surface area contributed by atoms with E-state index in [0.29, 0.717) is 17.6 Å². The predicted octanol–water partition coefficient (Wildman–Crippen LogP) is 3.24. The first kappa shape index (κ1) is 10.9. The quantitative estimate of drug-likeness (QED) is 0.602. The summed E-state index contributed by atoms with van der Waals surface area (Å²) in [5.74, 6) is 0.516. The van der Waals surface area contributed by atoms with Gasteiger partial charge in [0.2, 0.25) is 5.88 Å². The summed E-state index contributed by atoms with van der Waals surface area (Å²) in [4.78, 5) is 0. The van der Waals surface area contributed by atoms with E-state index in [1.807, 2.05) is 24.3 Å². The molecule has 0 aliphatic heterocycles. The molecule has 0 radical (unpaired) electrons. The van der Waals surface area contributed by atoms with Crippen LogP contribution in [-0.4, -0.2) is 16.8 Å². The highest BCUT2D eigenvalue weighted by atomic mass is 35.5. The van der Waals surface area contributed by atoms with Gasteiger partial charge in [0.1, 0.15) is 0 Å². The predicted molar refractivity (Wildman–Crippen MR) is 64.9 cm³/mol. The van der Waals surface area contributed by atoms with Crippen molar-refractivity contribution in [3.8, 4) is 5.88 Å². The zero-order valence-corrected chi connectivity index (χ0v) is 9.44. The van der Waals surface area contributed by atoms with Crippen molar-refractivity contribution in [2.75, 3.05) is 6.61 Å². The Balaban J connectivity index is 2.38. The number of hydrogen-bond acceptors (Lipinski definition) is 3. The van der Waals surface area contributed by atoms with Crippen LogP contribution in [-0.2, 0) is 0 Å². The van der Waals surface area contributed by atoms with E-state index in [4.69, 9.17) is 16.3 Å². The van der Waals surface area contributed by atoms with E-state index in [9.17, 15) is 0 Å². The van der Waals surface area contributed by atoms with Crippen molar-refractivity contribution in [3.05, 3.63) is 42.1 Å². The molecule has 0 saturated heterocycles. The van der Waals surface area contributed by atoms with E-state index in [1.165, 1.54) is 0 Å². The number of hydrogen-bond donors (Lipinski definition) is 0. The van der Waals surface area contributed by atoms with Crippen LogP contribution in [0, 0.1) is 0 Å². The van der Waals surface area contributed by atoms with Crippen molar-refractivity contribution in [3.63, 3.8) is 0 Å². The number of nitrogens with zero attached hydrogens (tertiary/aromatic N) is 2. The van der Waals surface area contributed by atoms with Crippen LogP contribution >= 0.6 is 11.6 Å². The maximum absolute atomic E-state index is 5.94. The topological polar surface area (TPSA) is 35.0 Å². The smallest absolute Gasteiger partial charge is 0.241 e. The van der Waals surface area contributed by atoms with E-state index in [1.54, 1.807) is 6.08 Å². The van der Waals surface area contributed by atoms with Crippen LogP contribution in [0.15, 0.2) is 36.9 Å². The highest BCUT2D eigenvalue weighted by Gasteiger charge is 2.07. The lowest BCUT2D eigenvalue weighted by Crippen LogP contribution is -2.00. The summed E-state index contributed by atoms with van der Waals surface area (Å²) in [6.45, 7) is 4.18. The molecule has 4 heteroatoms. The second-order valence-electron chi connectivity index (χ2n) is 3.27. The standard InChI is InChI=1S/C12H11ClN2O/c1-2-3-8-16-12-10-7-5-4-6-9(10)11(13)14-15-12/h2,4-7H,1,3,8H2. The first-order chi connectivity index (χ1) is 7.83. The second kappa shape index (κ2) is 4.94. The van der Waals surface area contributed by atoms with E-state index in [-0.39, 0.29) is 0 Å². The molecule has 1 aromatic heterocycles. The maximum Gasteiger partial charge on any atom is 0.241 e. The van der Waals surface area contributed by atoms with E-state index < -0.39 is 0 Å². The summed E-state index contributed by atoms with van der Waals surface area (Å²) < 4.78 is 5.51. The van der Waals surface area contributed by atoms with Gasteiger partial charge in [0.15, 0.2) is 5.15 Å². The fourth-order valence-electron chi connectivity index (χ4n) is 1.39. The molecule has 0 atom stereocenters. The Kier molecular flexibility index (Phi) is 3.37. The molecule has 16 heavy (non-hydrogen) atoms. The third kappa shape index (κ3) is 2.14. The monoisotopic (exact) mass is 234 g/mol. The van der Waals surface area contributed by atoms with Gasteiger partial charge in [-0.05, 0) is 12.5 Å². The molecule has 0 aliphatic carbocycles. The van der Waals surface area contributed by atoms with Gasteiger partial charge in [0.05, 0.1) is 6.61 Å². The maximum atomic E-state index is 5.94. The Morgan fingerprint density at radius 1 is 1.25 bits per heavy atom. The third-order valence-corrected chi connectivity index (χ3v) is 2.45. The van der Waals surface area contributed by atoms with E-state index in [2.05, 4.69) is 16.8 Å². The van der Waals surface area contributed by atoms with Crippen molar-refractivity contribution in [2.24, 2.45) is 0 Å². The van der Waals surface area contributed by atoms with Gasteiger partial charge < -0.3 is 4.74 Å². The van der Waals surface area contributed by atoms with Crippen LogP contribution in [0.4, 0.5) is 0 Å². The molecule has 0 unspecified atom stereocenters. The Bertz CT molecular complexity index is 513. The van der Waals surface area contributed by atoms with E-state index >= 15 is 0 Å². The molecule has 2 aromatic rings. The number of ether oxygens (including phenoxy) is 1. The first-order valence-corrected chi connectivity index (χ1v) is 5.35. The number of aromatic nitrogens is 2. The minimum Gasteiger partial charge on any atom is -0.476 e. The second-order valence-corrected chi connectivity index (χ2v) is 3.63. The number of rotatable bonds is 4. The minimum atomic E-state index is 0.395. The summed E-state index contributed by atoms with van der Waals surface area (Å²) in [6.07, 6.45) is 2.57. The average Bonchev–Trinajstić information content (AvgIpc) is 2.33. The Labute approximate surface area is 98.7 Å². The van der Waals surface area contributed by atoms with Gasteiger partial charge in [-0.1, -0.05) is 35.9 Å². The molecule has 3 nitrogen and oxygen atoms in total. The molecule has 0 amide bonds. The lowest BCUT2D eigenvalue weighted by atomic mass is 10.2. The molecule has 0 fully saturated rings. The van der Waals surface area contributed by atoms with Crippen LogP contribution in [0.1, 0.15) is 6.42 Å². The minimum absolute atomic E-state index is 0.395. The molecule has 1 heterocycles. The fraction of sp³-hybridized carbons (Fsp3) is 0.167. The van der Waals surface area contributed by atoms with Crippen LogP contribution in [0.5, 0.6) is 5.88 Å². The molecular formula is C12H11ClN2O. The van der Waals surface area contributed by atoms with Gasteiger partial charge in [-0.3, -0.25) is 0 Å². The number of halogens is 1. The Morgan fingerprint density at radius 2 is 2.00 bits per heavy atom. The summed E-state index contributed by atoms with van der Waals surface area (Å²) in [7, 11) is 0. The van der Waals surface area contributed by atoms with Gasteiger partial charge in [-0.2, -0.15) is 0 Å². The molecule has 1 aromatic carbocycles. The molecule has 0 bridgehead atoms. The van der Waals surface area contributed by atoms with Crippen molar-refractivity contribution in [2.45, 2.75) is 6.42 Å². The van der Waals surface area contributed by atoms with Gasteiger partial charge in [0.25, 0.3) is 0 Å². The van der Waals surface area contributed by atoms with Crippen LogP contribution in [0.3, 0.4) is 0 Å². The first-order valence-electron chi connectivity index (χ1n) is 4.97.